The zero-order valence-corrected chi connectivity index (χ0v) is 12.5. The second-order valence-electron chi connectivity index (χ2n) is 5.49. The maximum absolute atomic E-state index is 12.7. The molecule has 0 fully saturated rings. The smallest absolute Gasteiger partial charge is 0.232 e. The molecule has 0 amide bonds. The van der Waals surface area contributed by atoms with Crippen molar-refractivity contribution < 1.29 is 4.74 Å². The molecule has 2 heteroatoms. The first kappa shape index (κ1) is 13.5. The lowest BCUT2D eigenvalue weighted by Gasteiger charge is -2.04. The van der Waals surface area contributed by atoms with Crippen LogP contribution in [0.2, 0.25) is 0 Å². The number of hydrogen-bond donors (Lipinski definition) is 0. The van der Waals surface area contributed by atoms with Gasteiger partial charge in [-0.1, -0.05) is 66.7 Å². The lowest BCUT2D eigenvalue weighted by atomic mass is 10.1. The predicted molar refractivity (Wildman–Crippen MR) is 94.2 cm³/mol. The average Bonchev–Trinajstić information content (AvgIpc) is 2.95. The van der Waals surface area contributed by atoms with E-state index in [2.05, 4.69) is 12.1 Å². The highest BCUT2D eigenvalue weighted by molar-refractivity contribution is 6.22. The van der Waals surface area contributed by atoms with E-state index in [0.29, 0.717) is 5.71 Å². The van der Waals surface area contributed by atoms with E-state index in [9.17, 15) is 5.21 Å². The summed E-state index contributed by atoms with van der Waals surface area (Å²) in [6.45, 7) is 0. The quantitative estimate of drug-likeness (QED) is 0.299. The molecule has 0 unspecified atom stereocenters. The first-order valence-electron chi connectivity index (χ1n) is 7.60. The number of benzene rings is 3. The van der Waals surface area contributed by atoms with Crippen LogP contribution in [0.3, 0.4) is 0 Å². The van der Waals surface area contributed by atoms with Gasteiger partial charge in [-0.15, -0.1) is 0 Å². The monoisotopic (exact) mass is 297 g/mol. The molecule has 1 aliphatic carbocycles. The van der Waals surface area contributed by atoms with Gasteiger partial charge in [-0.2, -0.15) is 4.74 Å². The molecule has 1 aliphatic rings. The molecule has 0 bridgehead atoms. The summed E-state index contributed by atoms with van der Waals surface area (Å²) in [5, 5.41) is 12.7. The fourth-order valence-electron chi connectivity index (χ4n) is 3.02. The van der Waals surface area contributed by atoms with E-state index in [1.54, 1.807) is 6.20 Å². The molecule has 3 aromatic rings. The second kappa shape index (κ2) is 5.58. The van der Waals surface area contributed by atoms with Crippen molar-refractivity contribution in [3.8, 4) is 11.1 Å². The molecular weight excluding hydrogens is 282 g/mol. The highest BCUT2D eigenvalue weighted by Crippen LogP contribution is 2.36. The molecule has 0 saturated heterocycles. The van der Waals surface area contributed by atoms with Gasteiger partial charge in [0, 0.05) is 6.08 Å². The summed E-state index contributed by atoms with van der Waals surface area (Å²) >= 11 is 0. The van der Waals surface area contributed by atoms with E-state index in [4.69, 9.17) is 0 Å². The molecule has 23 heavy (non-hydrogen) atoms. The topological polar surface area (TPSA) is 26.1 Å². The molecule has 4 rings (SSSR count). The van der Waals surface area contributed by atoms with Crippen molar-refractivity contribution >= 4 is 11.8 Å². The Balaban J connectivity index is 1.86. The number of nitrogens with zero attached hydrogens (tertiary/aromatic N) is 1. The molecule has 0 spiro atoms. The number of fused-ring (bicyclic) bond motifs is 3. The molecule has 110 valence electrons. The van der Waals surface area contributed by atoms with Crippen molar-refractivity contribution in [1.29, 1.82) is 0 Å². The third kappa shape index (κ3) is 2.34. The van der Waals surface area contributed by atoms with Crippen LogP contribution < -0.4 is 0 Å². The highest BCUT2D eigenvalue weighted by Gasteiger charge is 2.29. The fourth-order valence-corrected chi connectivity index (χ4v) is 3.02. The molecule has 0 N–H and O–H groups in total. The van der Waals surface area contributed by atoms with Crippen LogP contribution in [0.25, 0.3) is 17.2 Å². The summed E-state index contributed by atoms with van der Waals surface area (Å²) in [4.78, 5) is 0. The molecule has 0 saturated carbocycles. The Kier molecular flexibility index (Phi) is 3.28. The average molecular weight is 297 g/mol. The minimum atomic E-state index is 0.711. The highest BCUT2D eigenvalue weighted by atomic mass is 16.5. The Hall–Kier alpha value is -3.13. The Bertz CT molecular complexity index is 876. The minimum Gasteiger partial charge on any atom is -0.618 e. The number of hydroxylamine groups is 1. The minimum absolute atomic E-state index is 0.711. The van der Waals surface area contributed by atoms with E-state index >= 15 is 0 Å². The zero-order chi connectivity index (χ0) is 15.6. The van der Waals surface area contributed by atoms with Crippen molar-refractivity contribution in [3.63, 3.8) is 0 Å². The summed E-state index contributed by atoms with van der Waals surface area (Å²) < 4.78 is 0.970. The normalized spacial score (nSPS) is 12.3. The van der Waals surface area contributed by atoms with Crippen molar-refractivity contribution in [2.24, 2.45) is 0 Å². The van der Waals surface area contributed by atoms with Crippen molar-refractivity contribution in [2.75, 3.05) is 0 Å². The Labute approximate surface area is 135 Å². The van der Waals surface area contributed by atoms with E-state index in [1.165, 1.54) is 0 Å². The van der Waals surface area contributed by atoms with Gasteiger partial charge in [-0.05, 0) is 28.8 Å². The van der Waals surface area contributed by atoms with Crippen LogP contribution in [-0.2, 0) is 0 Å². The van der Waals surface area contributed by atoms with Gasteiger partial charge in [0.15, 0.2) is 6.20 Å². The molecule has 0 radical (unpaired) electrons. The van der Waals surface area contributed by atoms with E-state index in [1.807, 2.05) is 72.8 Å². The lowest BCUT2D eigenvalue weighted by molar-refractivity contribution is -0.375. The molecular formula is C21H15NO. The maximum atomic E-state index is 12.7. The van der Waals surface area contributed by atoms with Crippen LogP contribution in [0, 0.1) is 5.21 Å². The van der Waals surface area contributed by atoms with Gasteiger partial charge in [0.2, 0.25) is 5.71 Å². The zero-order valence-electron chi connectivity index (χ0n) is 12.5. The second-order valence-corrected chi connectivity index (χ2v) is 5.49. The van der Waals surface area contributed by atoms with Crippen LogP contribution in [-0.4, -0.2) is 10.5 Å². The summed E-state index contributed by atoms with van der Waals surface area (Å²) in [6.07, 6.45) is 3.42. The van der Waals surface area contributed by atoms with Gasteiger partial charge < -0.3 is 5.21 Å². The standard InChI is InChI=1S/C21H15NO/c23-22(15-14-16-8-2-1-3-9-16)21-19-12-6-4-10-17(19)18-11-5-7-13-20(18)21/h1-15H/b15-14+. The predicted octanol–water partition coefficient (Wildman–Crippen LogP) is 4.69. The number of rotatable bonds is 2. The van der Waals surface area contributed by atoms with Crippen LogP contribution in [0.4, 0.5) is 0 Å². The third-order valence-corrected chi connectivity index (χ3v) is 4.08. The SMILES string of the molecule is [O-][N+](/C=C/c1ccccc1)=C1c2ccccc2-c2ccccc21. The van der Waals surface area contributed by atoms with E-state index in [0.717, 1.165) is 32.6 Å². The van der Waals surface area contributed by atoms with Crippen LogP contribution in [0.1, 0.15) is 16.7 Å². The Morgan fingerprint density at radius 2 is 1.09 bits per heavy atom. The van der Waals surface area contributed by atoms with Gasteiger partial charge >= 0.3 is 0 Å². The van der Waals surface area contributed by atoms with Gasteiger partial charge in [-0.3, -0.25) is 0 Å². The first-order chi connectivity index (χ1) is 11.3. The Morgan fingerprint density at radius 3 is 1.65 bits per heavy atom. The molecule has 3 aromatic carbocycles. The molecule has 0 heterocycles. The first-order valence-corrected chi connectivity index (χ1v) is 7.60. The maximum Gasteiger partial charge on any atom is 0.232 e. The van der Waals surface area contributed by atoms with Gasteiger partial charge in [-0.25, -0.2) is 0 Å². The summed E-state index contributed by atoms with van der Waals surface area (Å²) in [6, 6.07) is 25.9. The van der Waals surface area contributed by atoms with E-state index < -0.39 is 0 Å². The van der Waals surface area contributed by atoms with Crippen molar-refractivity contribution in [3.05, 3.63) is 107 Å². The van der Waals surface area contributed by atoms with Crippen LogP contribution in [0.5, 0.6) is 0 Å². The van der Waals surface area contributed by atoms with Crippen LogP contribution >= 0.6 is 0 Å². The third-order valence-electron chi connectivity index (χ3n) is 4.08. The van der Waals surface area contributed by atoms with Crippen molar-refractivity contribution in [1.82, 2.24) is 0 Å². The summed E-state index contributed by atoms with van der Waals surface area (Å²) in [5.41, 5.74) is 5.93. The molecule has 0 atom stereocenters. The Morgan fingerprint density at radius 1 is 0.609 bits per heavy atom. The van der Waals surface area contributed by atoms with Gasteiger partial charge in [0.25, 0.3) is 0 Å². The van der Waals surface area contributed by atoms with Crippen LogP contribution in [0.15, 0.2) is 85.1 Å². The summed E-state index contributed by atoms with van der Waals surface area (Å²) in [5.74, 6) is 0. The lowest BCUT2D eigenvalue weighted by Crippen LogP contribution is -2.11. The largest absolute Gasteiger partial charge is 0.618 e. The molecule has 2 nitrogen and oxygen atoms in total. The fraction of sp³-hybridized carbons (Fsp3) is 0. The van der Waals surface area contributed by atoms with Gasteiger partial charge in [0.05, 0.1) is 11.1 Å². The molecule has 0 aromatic heterocycles. The summed E-state index contributed by atoms with van der Waals surface area (Å²) in [7, 11) is 0. The van der Waals surface area contributed by atoms with Gasteiger partial charge in [0.1, 0.15) is 0 Å². The molecule has 0 aliphatic heterocycles. The number of hydrogen-bond acceptors (Lipinski definition) is 1. The van der Waals surface area contributed by atoms with Crippen molar-refractivity contribution in [2.45, 2.75) is 0 Å². The van der Waals surface area contributed by atoms with E-state index in [-0.39, 0.29) is 0 Å².